The van der Waals surface area contributed by atoms with E-state index in [1.54, 1.807) is 37.3 Å². The zero-order valence-corrected chi connectivity index (χ0v) is 12.9. The molecular weight excluding hydrogens is 278 g/mol. The van der Waals surface area contributed by atoms with E-state index in [4.69, 9.17) is 4.74 Å². The van der Waals surface area contributed by atoms with E-state index in [9.17, 15) is 9.59 Å². The summed E-state index contributed by atoms with van der Waals surface area (Å²) in [6.45, 7) is 5.10. The van der Waals surface area contributed by atoms with Crippen LogP contribution in [0.4, 0.5) is 5.69 Å². The van der Waals surface area contributed by atoms with Crippen LogP contribution in [0.25, 0.3) is 0 Å². The largest absolute Gasteiger partial charge is 0.481 e. The second kappa shape index (κ2) is 6.89. The third kappa shape index (κ3) is 3.95. The Labute approximate surface area is 130 Å². The van der Waals surface area contributed by atoms with E-state index in [0.29, 0.717) is 17.0 Å². The van der Waals surface area contributed by atoms with Gasteiger partial charge >= 0.3 is 0 Å². The standard InChI is InChI=1S/C18H19NO3/c1-12-7-6-8-15(11-12)22-14(3)18(21)19-17-10-5-4-9-16(17)13(2)20/h4-11,14H,1-3H3,(H,19,21). The summed E-state index contributed by atoms with van der Waals surface area (Å²) in [4.78, 5) is 23.8. The molecule has 22 heavy (non-hydrogen) atoms. The lowest BCUT2D eigenvalue weighted by molar-refractivity contribution is -0.122. The Morgan fingerprint density at radius 3 is 2.50 bits per heavy atom. The molecular formula is C18H19NO3. The number of hydrogen-bond acceptors (Lipinski definition) is 3. The van der Waals surface area contributed by atoms with E-state index in [1.807, 2.05) is 25.1 Å². The van der Waals surface area contributed by atoms with Crippen LogP contribution in [0.2, 0.25) is 0 Å². The first kappa shape index (κ1) is 15.8. The number of carbonyl (C=O) groups excluding carboxylic acids is 2. The van der Waals surface area contributed by atoms with Gasteiger partial charge in [-0.15, -0.1) is 0 Å². The molecule has 0 aliphatic carbocycles. The van der Waals surface area contributed by atoms with Crippen molar-refractivity contribution in [3.8, 4) is 5.75 Å². The topological polar surface area (TPSA) is 55.4 Å². The molecule has 1 unspecified atom stereocenters. The van der Waals surface area contributed by atoms with Gasteiger partial charge in [0.15, 0.2) is 11.9 Å². The molecule has 0 aliphatic heterocycles. The molecule has 0 radical (unpaired) electrons. The average molecular weight is 297 g/mol. The van der Waals surface area contributed by atoms with Gasteiger partial charge in [0.05, 0.1) is 5.69 Å². The Morgan fingerprint density at radius 2 is 1.82 bits per heavy atom. The number of benzene rings is 2. The number of ether oxygens (including phenoxy) is 1. The molecule has 1 N–H and O–H groups in total. The minimum atomic E-state index is -0.665. The van der Waals surface area contributed by atoms with Crippen molar-refractivity contribution in [2.75, 3.05) is 5.32 Å². The summed E-state index contributed by atoms with van der Waals surface area (Å²) in [6.07, 6.45) is -0.665. The van der Waals surface area contributed by atoms with E-state index >= 15 is 0 Å². The fraction of sp³-hybridized carbons (Fsp3) is 0.222. The second-order valence-corrected chi connectivity index (χ2v) is 5.17. The summed E-state index contributed by atoms with van der Waals surface area (Å²) in [5.74, 6) is 0.251. The van der Waals surface area contributed by atoms with Crippen molar-refractivity contribution in [1.29, 1.82) is 0 Å². The Morgan fingerprint density at radius 1 is 1.09 bits per heavy atom. The van der Waals surface area contributed by atoms with Crippen LogP contribution in [0.5, 0.6) is 5.75 Å². The van der Waals surface area contributed by atoms with Gasteiger partial charge in [-0.2, -0.15) is 0 Å². The predicted molar refractivity (Wildman–Crippen MR) is 86.3 cm³/mol. The Hall–Kier alpha value is -2.62. The highest BCUT2D eigenvalue weighted by molar-refractivity contribution is 6.04. The zero-order valence-electron chi connectivity index (χ0n) is 12.9. The molecule has 0 fully saturated rings. The van der Waals surface area contributed by atoms with Gasteiger partial charge in [0.2, 0.25) is 0 Å². The van der Waals surface area contributed by atoms with E-state index in [-0.39, 0.29) is 11.7 Å². The minimum absolute atomic E-state index is 0.0943. The van der Waals surface area contributed by atoms with Crippen molar-refractivity contribution in [2.24, 2.45) is 0 Å². The van der Waals surface area contributed by atoms with Gasteiger partial charge in [-0.05, 0) is 50.6 Å². The van der Waals surface area contributed by atoms with Crippen LogP contribution in [-0.2, 0) is 4.79 Å². The van der Waals surface area contributed by atoms with Crippen molar-refractivity contribution in [2.45, 2.75) is 26.9 Å². The summed E-state index contributed by atoms with van der Waals surface area (Å²) >= 11 is 0. The fourth-order valence-electron chi connectivity index (χ4n) is 2.08. The van der Waals surface area contributed by atoms with Gasteiger partial charge in [-0.25, -0.2) is 0 Å². The smallest absolute Gasteiger partial charge is 0.265 e. The lowest BCUT2D eigenvalue weighted by Crippen LogP contribution is -2.30. The normalized spacial score (nSPS) is 11.6. The summed E-state index contributed by atoms with van der Waals surface area (Å²) in [6, 6.07) is 14.4. The molecule has 2 rings (SSSR count). The number of aryl methyl sites for hydroxylation is 1. The van der Waals surface area contributed by atoms with E-state index < -0.39 is 6.10 Å². The number of amides is 1. The predicted octanol–water partition coefficient (Wildman–Crippen LogP) is 3.60. The van der Waals surface area contributed by atoms with Gasteiger partial charge in [-0.1, -0.05) is 24.3 Å². The van der Waals surface area contributed by atoms with Crippen LogP contribution in [0, 0.1) is 6.92 Å². The average Bonchev–Trinajstić information content (AvgIpc) is 2.47. The molecule has 0 heterocycles. The third-order valence-electron chi connectivity index (χ3n) is 3.24. The number of anilines is 1. The molecule has 0 saturated heterocycles. The number of para-hydroxylation sites is 1. The Kier molecular flexibility index (Phi) is 4.94. The van der Waals surface area contributed by atoms with Crippen LogP contribution in [0.1, 0.15) is 29.8 Å². The maximum Gasteiger partial charge on any atom is 0.265 e. The number of carbonyl (C=O) groups is 2. The molecule has 114 valence electrons. The Balaban J connectivity index is 2.07. The number of nitrogens with one attached hydrogen (secondary N) is 1. The molecule has 4 nitrogen and oxygen atoms in total. The maximum absolute atomic E-state index is 12.2. The lowest BCUT2D eigenvalue weighted by Gasteiger charge is -2.16. The number of Topliss-reactive ketones (excluding diaryl/α,β-unsaturated/α-hetero) is 1. The maximum atomic E-state index is 12.2. The number of rotatable bonds is 5. The minimum Gasteiger partial charge on any atom is -0.481 e. The molecule has 0 spiro atoms. The molecule has 2 aromatic rings. The van der Waals surface area contributed by atoms with Crippen LogP contribution in [-0.4, -0.2) is 17.8 Å². The molecule has 0 aliphatic rings. The summed E-state index contributed by atoms with van der Waals surface area (Å²) in [7, 11) is 0. The lowest BCUT2D eigenvalue weighted by atomic mass is 10.1. The summed E-state index contributed by atoms with van der Waals surface area (Å²) in [5.41, 5.74) is 2.05. The first-order chi connectivity index (χ1) is 10.5. The van der Waals surface area contributed by atoms with E-state index in [1.165, 1.54) is 6.92 Å². The zero-order chi connectivity index (χ0) is 16.1. The van der Waals surface area contributed by atoms with Crippen molar-refractivity contribution in [3.63, 3.8) is 0 Å². The third-order valence-corrected chi connectivity index (χ3v) is 3.24. The number of ketones is 1. The highest BCUT2D eigenvalue weighted by atomic mass is 16.5. The highest BCUT2D eigenvalue weighted by Crippen LogP contribution is 2.18. The quantitative estimate of drug-likeness (QED) is 0.858. The highest BCUT2D eigenvalue weighted by Gasteiger charge is 2.17. The van der Waals surface area contributed by atoms with Crippen LogP contribution in [0.3, 0.4) is 0 Å². The fourth-order valence-corrected chi connectivity index (χ4v) is 2.08. The van der Waals surface area contributed by atoms with Crippen molar-refractivity contribution < 1.29 is 14.3 Å². The molecule has 0 saturated carbocycles. The van der Waals surface area contributed by atoms with Gasteiger partial charge in [0, 0.05) is 5.56 Å². The summed E-state index contributed by atoms with van der Waals surface area (Å²) < 4.78 is 5.63. The first-order valence-corrected chi connectivity index (χ1v) is 7.11. The van der Waals surface area contributed by atoms with E-state index in [0.717, 1.165) is 5.56 Å². The van der Waals surface area contributed by atoms with Crippen LogP contribution >= 0.6 is 0 Å². The van der Waals surface area contributed by atoms with Crippen molar-refractivity contribution in [3.05, 3.63) is 59.7 Å². The second-order valence-electron chi connectivity index (χ2n) is 5.17. The van der Waals surface area contributed by atoms with Crippen LogP contribution in [0.15, 0.2) is 48.5 Å². The monoisotopic (exact) mass is 297 g/mol. The Bertz CT molecular complexity index is 694. The first-order valence-electron chi connectivity index (χ1n) is 7.11. The van der Waals surface area contributed by atoms with Gasteiger partial charge in [0.1, 0.15) is 5.75 Å². The van der Waals surface area contributed by atoms with Crippen LogP contribution < -0.4 is 10.1 Å². The van der Waals surface area contributed by atoms with Crippen molar-refractivity contribution >= 4 is 17.4 Å². The van der Waals surface area contributed by atoms with Gasteiger partial charge < -0.3 is 10.1 Å². The number of hydrogen-bond donors (Lipinski definition) is 1. The van der Waals surface area contributed by atoms with Gasteiger partial charge in [-0.3, -0.25) is 9.59 Å². The molecule has 1 amide bonds. The molecule has 2 aromatic carbocycles. The molecule has 0 bridgehead atoms. The molecule has 0 aromatic heterocycles. The van der Waals surface area contributed by atoms with Crippen molar-refractivity contribution in [1.82, 2.24) is 0 Å². The molecule has 4 heteroatoms. The van der Waals surface area contributed by atoms with E-state index in [2.05, 4.69) is 5.32 Å². The summed E-state index contributed by atoms with van der Waals surface area (Å²) in [5, 5.41) is 2.74. The van der Waals surface area contributed by atoms with Gasteiger partial charge in [0.25, 0.3) is 5.91 Å². The molecule has 1 atom stereocenters. The SMILES string of the molecule is CC(=O)c1ccccc1NC(=O)C(C)Oc1cccc(C)c1.